The summed E-state index contributed by atoms with van der Waals surface area (Å²) in [6.45, 7) is 10.6. The van der Waals surface area contributed by atoms with Crippen molar-refractivity contribution in [2.45, 2.75) is 79.8 Å². The average molecular weight is 781 g/mol. The predicted octanol–water partition coefficient (Wildman–Crippen LogP) is 10.9. The first-order valence-corrected chi connectivity index (χ1v) is 15.2. The molecule has 0 fully saturated rings. The van der Waals surface area contributed by atoms with Gasteiger partial charge in [0, 0.05) is 44.2 Å². The second-order valence-electron chi connectivity index (χ2n) is 12.1. The van der Waals surface area contributed by atoms with Crippen LogP contribution in [0.5, 0.6) is 0 Å². The summed E-state index contributed by atoms with van der Waals surface area (Å²) >= 11 is 0. The van der Waals surface area contributed by atoms with E-state index in [-0.39, 0.29) is 49.9 Å². The van der Waals surface area contributed by atoms with E-state index >= 15 is 0 Å². The molecule has 0 saturated carbocycles. The second-order valence-corrected chi connectivity index (χ2v) is 12.1. The Morgan fingerprint density at radius 3 is 2.18 bits per heavy atom. The first-order valence-electron chi connectivity index (χ1n) is 15.2. The number of nitrogens with zero attached hydrogens (tertiary/aromatic N) is 1. The zero-order valence-corrected chi connectivity index (χ0v) is 28.6. The summed E-state index contributed by atoms with van der Waals surface area (Å²) < 4.78 is 40.4. The van der Waals surface area contributed by atoms with Gasteiger partial charge in [-0.3, -0.25) is 4.79 Å². The van der Waals surface area contributed by atoms with Gasteiger partial charge < -0.3 is 10.1 Å². The van der Waals surface area contributed by atoms with E-state index < -0.39 is 11.6 Å². The predicted molar refractivity (Wildman–Crippen MR) is 172 cm³/mol. The van der Waals surface area contributed by atoms with Crippen molar-refractivity contribution in [2.75, 3.05) is 0 Å². The number of hydrogen-bond acceptors (Lipinski definition) is 3. The monoisotopic (exact) mass is 781 g/mol. The van der Waals surface area contributed by atoms with Crippen LogP contribution in [0.2, 0.25) is 0 Å². The van der Waals surface area contributed by atoms with E-state index in [0.717, 1.165) is 68.9 Å². The van der Waals surface area contributed by atoms with Crippen LogP contribution in [0.15, 0.2) is 66.6 Å². The number of hydrogen-bond donors (Lipinski definition) is 1. The molecule has 0 aliphatic carbocycles. The van der Waals surface area contributed by atoms with Gasteiger partial charge in [0.25, 0.3) is 0 Å². The minimum absolute atomic E-state index is 0. The molecular weight excluding hydrogens is 740 g/mol. The minimum atomic E-state index is -4.26. The van der Waals surface area contributed by atoms with Crippen molar-refractivity contribution < 1.29 is 43.2 Å². The summed E-state index contributed by atoms with van der Waals surface area (Å²) in [6.07, 6.45) is 2.30. The number of halogens is 3. The Morgan fingerprint density at radius 2 is 1.57 bits per heavy atom. The smallest absolute Gasteiger partial charge is 0.394 e. The molecule has 0 bridgehead atoms. The minimum Gasteiger partial charge on any atom is -0.512 e. The number of carbonyl (C=O) groups is 1. The SMILES string of the molecule is CC(C)(Cc1cc2ccnc3c4[c-]ccc5cccc(c(c1)c23)c54)C(F)(F)F.CCC(CC)C(=O)/C=C(\O)C(CC)CC.[Ir]. The van der Waals surface area contributed by atoms with Gasteiger partial charge in [0.15, 0.2) is 5.78 Å². The largest absolute Gasteiger partial charge is 0.512 e. The van der Waals surface area contributed by atoms with E-state index in [0.29, 0.717) is 5.56 Å². The van der Waals surface area contributed by atoms with Crippen LogP contribution in [0.3, 0.4) is 0 Å². The maximum atomic E-state index is 13.5. The summed E-state index contributed by atoms with van der Waals surface area (Å²) in [5.74, 6) is 0.547. The number of aliphatic hydroxyl groups excluding tert-OH is 1. The third kappa shape index (κ3) is 7.10. The van der Waals surface area contributed by atoms with Gasteiger partial charge in [-0.15, -0.1) is 29.0 Å². The summed E-state index contributed by atoms with van der Waals surface area (Å²) in [4.78, 5) is 16.3. The zero-order chi connectivity index (χ0) is 31.5. The number of carbonyl (C=O) groups excluding carboxylic acids is 1. The van der Waals surface area contributed by atoms with Crippen LogP contribution in [0, 0.1) is 23.3 Å². The van der Waals surface area contributed by atoms with E-state index in [1.54, 1.807) is 6.20 Å². The molecule has 0 aliphatic heterocycles. The molecular formula is C37H41F3IrNO2-. The normalized spacial score (nSPS) is 12.8. The van der Waals surface area contributed by atoms with Crippen molar-refractivity contribution in [2.24, 2.45) is 17.3 Å². The van der Waals surface area contributed by atoms with Crippen LogP contribution in [-0.4, -0.2) is 22.1 Å². The fourth-order valence-electron chi connectivity index (χ4n) is 5.96. The molecule has 3 nitrogen and oxygen atoms in total. The Labute approximate surface area is 271 Å². The molecule has 5 rings (SSSR count). The molecule has 0 unspecified atom stereocenters. The maximum absolute atomic E-state index is 13.5. The number of aliphatic hydroxyl groups is 1. The summed E-state index contributed by atoms with van der Waals surface area (Å²) in [7, 11) is 0. The standard InChI is InChI=1S/C24H17F3N.C13H24O2.Ir/c1-23(2,24(25,26)27)13-14-11-16-9-10-28-22-18-8-4-6-15-5-3-7-17(20(15)18)19(12-14)21(16)22;1-5-10(6-2)12(14)9-13(15)11(7-3)8-4;/h3-7,9-12H,13H2,1-2H3;9-11,14H,5-8H2,1-4H3;/q-1;;/b;12-9-;. The van der Waals surface area contributed by atoms with E-state index in [4.69, 9.17) is 0 Å². The van der Waals surface area contributed by atoms with Crippen LogP contribution >= 0.6 is 0 Å². The van der Waals surface area contributed by atoms with Crippen LogP contribution in [0.4, 0.5) is 13.2 Å². The third-order valence-corrected chi connectivity index (χ3v) is 8.78. The van der Waals surface area contributed by atoms with Gasteiger partial charge in [-0.25, -0.2) is 0 Å². The van der Waals surface area contributed by atoms with Crippen molar-refractivity contribution >= 4 is 49.0 Å². The van der Waals surface area contributed by atoms with Gasteiger partial charge in [-0.05, 0) is 65.4 Å². The zero-order valence-electron chi connectivity index (χ0n) is 26.2. The molecule has 1 aromatic heterocycles. The number of alkyl halides is 3. The molecule has 4 aromatic carbocycles. The molecule has 0 aliphatic rings. The van der Waals surface area contributed by atoms with E-state index in [9.17, 15) is 23.1 Å². The molecule has 0 saturated heterocycles. The van der Waals surface area contributed by atoms with Crippen molar-refractivity contribution in [1.82, 2.24) is 4.98 Å². The molecule has 0 atom stereocenters. The van der Waals surface area contributed by atoms with Crippen LogP contribution in [0.25, 0.3) is 43.2 Å². The number of benzene rings is 4. The van der Waals surface area contributed by atoms with E-state index in [1.165, 1.54) is 19.9 Å². The van der Waals surface area contributed by atoms with Crippen molar-refractivity contribution in [1.29, 1.82) is 0 Å². The van der Waals surface area contributed by atoms with Crippen LogP contribution < -0.4 is 0 Å². The summed E-state index contributed by atoms with van der Waals surface area (Å²) in [5, 5.41) is 16.7. The van der Waals surface area contributed by atoms with Gasteiger partial charge in [0.1, 0.15) is 0 Å². The Balaban J connectivity index is 0.000000286. The van der Waals surface area contributed by atoms with Gasteiger partial charge in [0.05, 0.1) is 11.2 Å². The summed E-state index contributed by atoms with van der Waals surface area (Å²) in [6, 6.07) is 18.9. The van der Waals surface area contributed by atoms with E-state index in [1.807, 2.05) is 76.2 Å². The molecule has 1 N–H and O–H groups in total. The Hall–Kier alpha value is -3.02. The van der Waals surface area contributed by atoms with Crippen LogP contribution in [0.1, 0.15) is 72.8 Å². The molecule has 44 heavy (non-hydrogen) atoms. The van der Waals surface area contributed by atoms with Crippen molar-refractivity contribution in [3.63, 3.8) is 0 Å². The number of rotatable bonds is 9. The number of fused-ring (bicyclic) bond motifs is 2. The first-order chi connectivity index (χ1) is 20.4. The van der Waals surface area contributed by atoms with Gasteiger partial charge in [-0.1, -0.05) is 82.6 Å². The Kier molecular flexibility index (Phi) is 11.6. The number of ketones is 1. The van der Waals surface area contributed by atoms with E-state index in [2.05, 4.69) is 11.1 Å². The first kappa shape index (κ1) is 35.5. The molecule has 7 heteroatoms. The molecule has 0 spiro atoms. The average Bonchev–Trinajstić information content (AvgIpc) is 2.96. The Bertz CT molecular complexity index is 1750. The molecule has 0 amide bonds. The molecule has 1 radical (unpaired) electrons. The quantitative estimate of drug-likeness (QED) is 0.0533. The van der Waals surface area contributed by atoms with Gasteiger partial charge in [0.2, 0.25) is 0 Å². The van der Waals surface area contributed by atoms with Gasteiger partial charge >= 0.3 is 6.18 Å². The summed E-state index contributed by atoms with van der Waals surface area (Å²) in [5.41, 5.74) is -0.268. The molecule has 5 aromatic rings. The van der Waals surface area contributed by atoms with Gasteiger partial charge in [-0.2, -0.15) is 13.2 Å². The number of pyridine rings is 1. The van der Waals surface area contributed by atoms with Crippen molar-refractivity contribution in [3.05, 3.63) is 78.2 Å². The maximum Gasteiger partial charge on any atom is 0.394 e. The fraction of sp³-hybridized carbons (Fsp3) is 0.405. The number of aromatic nitrogens is 1. The van der Waals surface area contributed by atoms with Crippen LogP contribution in [-0.2, 0) is 31.3 Å². The fourth-order valence-corrected chi connectivity index (χ4v) is 5.96. The topological polar surface area (TPSA) is 50.2 Å². The second kappa shape index (κ2) is 14.4. The van der Waals surface area contributed by atoms with Crippen molar-refractivity contribution in [3.8, 4) is 0 Å². The number of allylic oxidation sites excluding steroid dienone is 2. The molecule has 237 valence electrons. The Morgan fingerprint density at radius 1 is 0.909 bits per heavy atom. The molecule has 1 heterocycles. The third-order valence-electron chi connectivity index (χ3n) is 8.78.